The molecule has 0 radical (unpaired) electrons. The summed E-state index contributed by atoms with van der Waals surface area (Å²) < 4.78 is 4.92. The number of thiophene rings is 1. The summed E-state index contributed by atoms with van der Waals surface area (Å²) in [5.41, 5.74) is 0. The number of piperidine rings is 1. The minimum atomic E-state index is -0.106. The van der Waals surface area contributed by atoms with E-state index in [9.17, 15) is 4.79 Å². The van der Waals surface area contributed by atoms with Crippen LogP contribution in [0.25, 0.3) is 0 Å². The average Bonchev–Trinajstić information content (AvgIpc) is 2.99. The van der Waals surface area contributed by atoms with Crippen molar-refractivity contribution in [1.82, 2.24) is 15.5 Å². The molecule has 2 rings (SSSR count). The van der Waals surface area contributed by atoms with Gasteiger partial charge in [-0.25, -0.2) is 4.79 Å². The standard InChI is InChI=1S/C15H25N3O2S/c1-18-8-3-5-12(14(18)13-6-4-10-21-13)11-17-15(19)16-7-9-20-2/h4,6,10,12,14H,3,5,7-9,11H2,1-2H3,(H2,16,17,19)/t12-,14-/m0/s1. The topological polar surface area (TPSA) is 53.6 Å². The van der Waals surface area contributed by atoms with Crippen molar-refractivity contribution >= 4 is 17.4 Å². The van der Waals surface area contributed by atoms with Gasteiger partial charge in [-0.1, -0.05) is 6.07 Å². The number of ether oxygens (including phenoxy) is 1. The SMILES string of the molecule is COCCNC(=O)NC[C@@H]1CCCN(C)[C@@H]1c1cccs1. The maximum Gasteiger partial charge on any atom is 0.314 e. The van der Waals surface area contributed by atoms with Crippen LogP contribution in [0.2, 0.25) is 0 Å². The molecule has 1 fully saturated rings. The smallest absolute Gasteiger partial charge is 0.314 e. The third kappa shape index (κ3) is 4.69. The Balaban J connectivity index is 1.86. The lowest BCUT2D eigenvalue weighted by atomic mass is 9.88. The van der Waals surface area contributed by atoms with Crippen molar-refractivity contribution in [3.8, 4) is 0 Å². The van der Waals surface area contributed by atoms with Gasteiger partial charge in [0, 0.05) is 31.1 Å². The number of hydrogen-bond acceptors (Lipinski definition) is 4. The van der Waals surface area contributed by atoms with E-state index in [2.05, 4.69) is 40.1 Å². The van der Waals surface area contributed by atoms with Crippen LogP contribution in [0.1, 0.15) is 23.8 Å². The quantitative estimate of drug-likeness (QED) is 0.791. The Morgan fingerprint density at radius 1 is 1.52 bits per heavy atom. The predicted octanol–water partition coefficient (Wildman–Crippen LogP) is 2.08. The van der Waals surface area contributed by atoms with Gasteiger partial charge in [0.15, 0.2) is 0 Å². The fourth-order valence-corrected chi connectivity index (χ4v) is 3.92. The number of nitrogens with one attached hydrogen (secondary N) is 2. The molecule has 0 spiro atoms. The first kappa shape index (κ1) is 16.3. The fourth-order valence-electron chi connectivity index (χ4n) is 2.94. The van der Waals surface area contributed by atoms with Crippen LogP contribution in [0.15, 0.2) is 17.5 Å². The molecule has 2 amide bonds. The van der Waals surface area contributed by atoms with Crippen molar-refractivity contribution in [3.05, 3.63) is 22.4 Å². The van der Waals surface area contributed by atoms with Crippen LogP contribution >= 0.6 is 11.3 Å². The van der Waals surface area contributed by atoms with Gasteiger partial charge in [0.2, 0.25) is 0 Å². The molecule has 1 aromatic heterocycles. The molecule has 1 saturated heterocycles. The Kier molecular flexibility index (Phi) is 6.48. The molecular formula is C15H25N3O2S. The van der Waals surface area contributed by atoms with Crippen LogP contribution in [0, 0.1) is 5.92 Å². The van der Waals surface area contributed by atoms with Crippen molar-refractivity contribution in [2.24, 2.45) is 5.92 Å². The summed E-state index contributed by atoms with van der Waals surface area (Å²) in [5, 5.41) is 7.92. The average molecular weight is 311 g/mol. The van der Waals surface area contributed by atoms with E-state index in [0.29, 0.717) is 31.7 Å². The first-order valence-electron chi connectivity index (χ1n) is 7.46. The highest BCUT2D eigenvalue weighted by Gasteiger charge is 2.31. The molecule has 2 N–H and O–H groups in total. The molecule has 5 nitrogen and oxygen atoms in total. The number of nitrogens with zero attached hydrogens (tertiary/aromatic N) is 1. The van der Waals surface area contributed by atoms with Gasteiger partial charge in [-0.2, -0.15) is 0 Å². The number of rotatable bonds is 6. The number of carbonyl (C=O) groups excluding carboxylic acids is 1. The molecule has 1 aliphatic rings. The molecule has 2 atom stereocenters. The van der Waals surface area contributed by atoms with Gasteiger partial charge in [0.25, 0.3) is 0 Å². The highest BCUT2D eigenvalue weighted by Crippen LogP contribution is 2.36. The van der Waals surface area contributed by atoms with E-state index in [4.69, 9.17) is 4.74 Å². The van der Waals surface area contributed by atoms with Crippen LogP contribution in [0.4, 0.5) is 4.79 Å². The zero-order valence-corrected chi connectivity index (χ0v) is 13.6. The van der Waals surface area contributed by atoms with Crippen LogP contribution in [0.3, 0.4) is 0 Å². The van der Waals surface area contributed by atoms with E-state index in [1.807, 2.05) is 0 Å². The van der Waals surface area contributed by atoms with E-state index in [1.54, 1.807) is 18.4 Å². The van der Waals surface area contributed by atoms with Gasteiger partial charge in [-0.05, 0) is 43.8 Å². The Bertz CT molecular complexity index is 425. The number of amides is 2. The van der Waals surface area contributed by atoms with Crippen molar-refractivity contribution in [2.75, 3.05) is 40.4 Å². The van der Waals surface area contributed by atoms with Crippen molar-refractivity contribution in [1.29, 1.82) is 0 Å². The predicted molar refractivity (Wildman–Crippen MR) is 85.7 cm³/mol. The molecule has 0 bridgehead atoms. The first-order valence-corrected chi connectivity index (χ1v) is 8.34. The number of urea groups is 1. The lowest BCUT2D eigenvalue weighted by Gasteiger charge is -2.38. The maximum absolute atomic E-state index is 11.7. The van der Waals surface area contributed by atoms with Gasteiger partial charge < -0.3 is 15.4 Å². The van der Waals surface area contributed by atoms with E-state index >= 15 is 0 Å². The van der Waals surface area contributed by atoms with Gasteiger partial charge in [-0.3, -0.25) is 4.90 Å². The molecule has 0 saturated carbocycles. The molecule has 2 heterocycles. The minimum absolute atomic E-state index is 0.106. The van der Waals surface area contributed by atoms with Crippen LogP contribution in [-0.2, 0) is 4.74 Å². The molecule has 0 aliphatic carbocycles. The van der Waals surface area contributed by atoms with E-state index < -0.39 is 0 Å². The zero-order chi connectivity index (χ0) is 15.1. The molecule has 118 valence electrons. The van der Waals surface area contributed by atoms with Crippen LogP contribution < -0.4 is 10.6 Å². The number of methoxy groups -OCH3 is 1. The highest BCUT2D eigenvalue weighted by atomic mass is 32.1. The Morgan fingerprint density at radius 3 is 3.10 bits per heavy atom. The highest BCUT2D eigenvalue weighted by molar-refractivity contribution is 7.10. The third-order valence-corrected chi connectivity index (χ3v) is 4.90. The summed E-state index contributed by atoms with van der Waals surface area (Å²) in [7, 11) is 3.80. The van der Waals surface area contributed by atoms with E-state index in [-0.39, 0.29) is 6.03 Å². The summed E-state index contributed by atoms with van der Waals surface area (Å²) in [6.45, 7) is 2.92. The maximum atomic E-state index is 11.7. The lowest BCUT2D eigenvalue weighted by Crippen LogP contribution is -2.44. The summed E-state index contributed by atoms with van der Waals surface area (Å²) in [4.78, 5) is 15.5. The number of hydrogen-bond donors (Lipinski definition) is 2. The molecule has 0 unspecified atom stereocenters. The summed E-state index contributed by atoms with van der Waals surface area (Å²) in [6.07, 6.45) is 2.35. The first-order chi connectivity index (χ1) is 10.2. The normalized spacial score (nSPS) is 23.0. The third-order valence-electron chi connectivity index (χ3n) is 3.96. The Hall–Kier alpha value is -1.11. The molecular weight excluding hydrogens is 286 g/mol. The Labute approximate surface area is 130 Å². The van der Waals surface area contributed by atoms with Gasteiger partial charge >= 0.3 is 6.03 Å². The molecule has 1 aromatic rings. The van der Waals surface area contributed by atoms with Crippen molar-refractivity contribution in [2.45, 2.75) is 18.9 Å². The van der Waals surface area contributed by atoms with Gasteiger partial charge in [-0.15, -0.1) is 11.3 Å². The summed E-state index contributed by atoms with van der Waals surface area (Å²) in [6, 6.07) is 4.61. The van der Waals surface area contributed by atoms with Crippen LogP contribution in [-0.4, -0.2) is 51.3 Å². The summed E-state index contributed by atoms with van der Waals surface area (Å²) in [5.74, 6) is 0.468. The van der Waals surface area contributed by atoms with Gasteiger partial charge in [0.05, 0.1) is 6.61 Å². The minimum Gasteiger partial charge on any atom is -0.383 e. The molecule has 6 heteroatoms. The fraction of sp³-hybridized carbons (Fsp3) is 0.667. The molecule has 21 heavy (non-hydrogen) atoms. The second kappa shape index (κ2) is 8.36. The van der Waals surface area contributed by atoms with Crippen molar-refractivity contribution in [3.63, 3.8) is 0 Å². The molecule has 0 aromatic carbocycles. The lowest BCUT2D eigenvalue weighted by molar-refractivity contribution is 0.123. The largest absolute Gasteiger partial charge is 0.383 e. The molecule has 1 aliphatic heterocycles. The van der Waals surface area contributed by atoms with Gasteiger partial charge in [0.1, 0.15) is 0 Å². The Morgan fingerprint density at radius 2 is 2.38 bits per heavy atom. The van der Waals surface area contributed by atoms with Crippen molar-refractivity contribution < 1.29 is 9.53 Å². The summed E-state index contributed by atoms with van der Waals surface area (Å²) >= 11 is 1.80. The second-order valence-corrected chi connectivity index (χ2v) is 6.45. The zero-order valence-electron chi connectivity index (χ0n) is 12.8. The number of carbonyl (C=O) groups is 1. The van der Waals surface area contributed by atoms with Crippen LogP contribution in [0.5, 0.6) is 0 Å². The second-order valence-electron chi connectivity index (χ2n) is 5.47. The van der Waals surface area contributed by atoms with E-state index in [0.717, 1.165) is 13.0 Å². The van der Waals surface area contributed by atoms with E-state index in [1.165, 1.54) is 11.3 Å². The number of likely N-dealkylation sites (tertiary alicyclic amines) is 1. The monoisotopic (exact) mass is 311 g/mol.